The van der Waals surface area contributed by atoms with E-state index in [4.69, 9.17) is 39.1 Å². The van der Waals surface area contributed by atoms with Crippen LogP contribution in [0.25, 0.3) is 0 Å². The number of hydrogen-bond donors (Lipinski definition) is 0. The molecular weight excluding hydrogens is 580 g/mol. The molecule has 0 aliphatic carbocycles. The first-order valence-electron chi connectivity index (χ1n) is 13.5. The van der Waals surface area contributed by atoms with Gasteiger partial charge in [0.25, 0.3) is 0 Å². The Labute approximate surface area is 295 Å². The van der Waals surface area contributed by atoms with Crippen LogP contribution >= 0.6 is 12.2 Å². The molecule has 0 N–H and O–H groups in total. The largest absolute Gasteiger partial charge is 1.00 e. The molecular formula is C27H49KN4O6S2. The topological polar surface area (TPSA) is 91.9 Å². The average Bonchev–Trinajstić information content (AvgIpc) is 2.69. The zero-order valence-electron chi connectivity index (χ0n) is 26.3. The fourth-order valence-corrected chi connectivity index (χ4v) is 4.23. The molecule has 1 fully saturated rings. The molecule has 0 spiro atoms. The van der Waals surface area contributed by atoms with E-state index in [0.29, 0.717) is 56.7 Å². The first kappa shape index (κ1) is 40.0. The number of hydrogen-bond acceptors (Lipinski definition) is 11. The van der Waals surface area contributed by atoms with Crippen LogP contribution in [-0.2, 0) is 41.2 Å². The van der Waals surface area contributed by atoms with Crippen molar-refractivity contribution >= 4 is 47.1 Å². The van der Waals surface area contributed by atoms with Gasteiger partial charge in [-0.1, -0.05) is 4.32 Å². The van der Waals surface area contributed by atoms with E-state index < -0.39 is 16.8 Å². The number of carbonyl (C=O) groups is 3. The molecule has 40 heavy (non-hydrogen) atoms. The summed E-state index contributed by atoms with van der Waals surface area (Å²) in [6.45, 7) is 21.0. The Morgan fingerprint density at radius 2 is 0.800 bits per heavy atom. The Morgan fingerprint density at radius 3 is 1.00 bits per heavy atom. The van der Waals surface area contributed by atoms with Crippen LogP contribution in [0, 0.1) is 0 Å². The number of esters is 3. The molecule has 0 atom stereocenters. The number of nitrogens with zero attached hydrogens (tertiary/aromatic N) is 4. The number of thiocarbonyl (C=S) groups is 1. The van der Waals surface area contributed by atoms with Crippen molar-refractivity contribution < 1.29 is 80.0 Å². The molecule has 0 aromatic heterocycles. The van der Waals surface area contributed by atoms with Crippen LogP contribution in [0.1, 0.15) is 62.3 Å². The third kappa shape index (κ3) is 20.0. The zero-order chi connectivity index (χ0) is 30.0. The standard InChI is InChI=1S/C27H50N4O6S2.K/c1-25(2,3)35-21(32)18-28-10-12-29(19-22(33)36-26(4,5)6)14-16-31(24(38)39)17-15-30(13-11-28)20-23(34)37-27(7,8)9;/h10-20H2,1-9H3,(H,38,39);/q;+1/p-1. The zero-order valence-corrected chi connectivity index (χ0v) is 31.1. The quantitative estimate of drug-likeness (QED) is 0.120. The molecule has 1 aliphatic rings. The van der Waals surface area contributed by atoms with Crippen LogP contribution in [-0.4, -0.2) is 131 Å². The minimum Gasteiger partial charge on any atom is -0.459 e. The first-order chi connectivity index (χ1) is 17.7. The summed E-state index contributed by atoms with van der Waals surface area (Å²) in [5.74, 6) is -0.955. The van der Waals surface area contributed by atoms with E-state index in [1.165, 1.54) is 0 Å². The van der Waals surface area contributed by atoms with Gasteiger partial charge in [0, 0.05) is 52.4 Å². The van der Waals surface area contributed by atoms with E-state index in [9.17, 15) is 14.4 Å². The summed E-state index contributed by atoms with van der Waals surface area (Å²) in [6, 6.07) is 0. The molecule has 0 aromatic rings. The second kappa shape index (κ2) is 18.0. The number of carbonyl (C=O) groups excluding carboxylic acids is 3. The molecule has 1 aliphatic heterocycles. The minimum absolute atomic E-state index is 0. The van der Waals surface area contributed by atoms with E-state index in [2.05, 4.69) is 0 Å². The van der Waals surface area contributed by atoms with E-state index in [-0.39, 0.29) is 88.9 Å². The molecule has 0 aromatic carbocycles. The van der Waals surface area contributed by atoms with Gasteiger partial charge < -0.3 is 44.0 Å². The monoisotopic (exact) mass is 628 g/mol. The molecule has 10 nitrogen and oxygen atoms in total. The summed E-state index contributed by atoms with van der Waals surface area (Å²) in [7, 11) is 0. The molecule has 226 valence electrons. The van der Waals surface area contributed by atoms with Gasteiger partial charge in [-0.2, -0.15) is 0 Å². The summed E-state index contributed by atoms with van der Waals surface area (Å²) >= 11 is 10.7. The molecule has 1 heterocycles. The van der Waals surface area contributed by atoms with Crippen LogP contribution in [0.2, 0.25) is 0 Å². The van der Waals surface area contributed by atoms with Crippen LogP contribution in [0.5, 0.6) is 0 Å². The van der Waals surface area contributed by atoms with Gasteiger partial charge in [0.15, 0.2) is 0 Å². The van der Waals surface area contributed by atoms with Crippen molar-refractivity contribution in [2.24, 2.45) is 0 Å². The number of ether oxygens (including phenoxy) is 3. The molecule has 0 bridgehead atoms. The summed E-state index contributed by atoms with van der Waals surface area (Å²) < 4.78 is 17.0. The second-order valence-electron chi connectivity index (χ2n) is 12.8. The van der Waals surface area contributed by atoms with Crippen LogP contribution in [0.15, 0.2) is 0 Å². The van der Waals surface area contributed by atoms with Crippen LogP contribution < -0.4 is 51.4 Å². The van der Waals surface area contributed by atoms with Crippen molar-refractivity contribution in [3.8, 4) is 0 Å². The summed E-state index contributed by atoms with van der Waals surface area (Å²) in [4.78, 5) is 45.8. The summed E-state index contributed by atoms with van der Waals surface area (Å²) in [5, 5.41) is 0. The van der Waals surface area contributed by atoms with Gasteiger partial charge in [-0.05, 0) is 62.3 Å². The molecule has 1 rings (SSSR count). The van der Waals surface area contributed by atoms with Gasteiger partial charge >= 0.3 is 69.3 Å². The van der Waals surface area contributed by atoms with Gasteiger partial charge in [-0.3, -0.25) is 29.1 Å². The summed E-state index contributed by atoms with van der Waals surface area (Å²) in [5.41, 5.74) is -1.77. The van der Waals surface area contributed by atoms with Crippen molar-refractivity contribution in [3.05, 3.63) is 0 Å². The third-order valence-electron chi connectivity index (χ3n) is 5.41. The molecule has 0 unspecified atom stereocenters. The van der Waals surface area contributed by atoms with Crippen molar-refractivity contribution in [1.29, 1.82) is 0 Å². The Kier molecular flexibility index (Phi) is 18.0. The van der Waals surface area contributed by atoms with Gasteiger partial charge in [-0.15, -0.1) is 0 Å². The van der Waals surface area contributed by atoms with E-state index in [1.807, 2.05) is 81.9 Å². The maximum absolute atomic E-state index is 12.7. The van der Waals surface area contributed by atoms with E-state index >= 15 is 0 Å². The predicted octanol–water partition coefficient (Wildman–Crippen LogP) is -0.931. The Morgan fingerprint density at radius 1 is 0.575 bits per heavy atom. The van der Waals surface area contributed by atoms with Crippen LogP contribution in [0.3, 0.4) is 0 Å². The van der Waals surface area contributed by atoms with Crippen molar-refractivity contribution in [1.82, 2.24) is 19.6 Å². The Balaban J connectivity index is 0.0000152. The van der Waals surface area contributed by atoms with Gasteiger partial charge in [0.05, 0.1) is 19.6 Å². The van der Waals surface area contributed by atoms with E-state index in [0.717, 1.165) is 0 Å². The maximum atomic E-state index is 12.7. The van der Waals surface area contributed by atoms with Gasteiger partial charge in [-0.25, -0.2) is 0 Å². The number of rotatable bonds is 6. The van der Waals surface area contributed by atoms with Crippen molar-refractivity contribution in [3.63, 3.8) is 0 Å². The maximum Gasteiger partial charge on any atom is 1.00 e. The van der Waals surface area contributed by atoms with Gasteiger partial charge in [0.2, 0.25) is 0 Å². The Hall–Kier alpha value is 0.0364. The minimum atomic E-state index is -0.596. The normalized spacial score (nSPS) is 17.6. The van der Waals surface area contributed by atoms with Crippen molar-refractivity contribution in [2.45, 2.75) is 79.1 Å². The van der Waals surface area contributed by atoms with Crippen molar-refractivity contribution in [2.75, 3.05) is 72.0 Å². The summed E-state index contributed by atoms with van der Waals surface area (Å²) in [6.07, 6.45) is 0. The molecule has 13 heteroatoms. The van der Waals surface area contributed by atoms with E-state index in [1.54, 1.807) is 0 Å². The molecule has 0 radical (unpaired) electrons. The van der Waals surface area contributed by atoms with Gasteiger partial charge in [0.1, 0.15) is 16.8 Å². The smallest absolute Gasteiger partial charge is 0.459 e. The second-order valence-corrected chi connectivity index (χ2v) is 13.9. The molecule has 1 saturated heterocycles. The SMILES string of the molecule is CC(C)(C)OC(=O)CN1CCN(CC(=O)OC(C)(C)C)CCN(C(=S)[S-])CCN(CC(=O)OC(C)(C)C)CC1.[K+]. The van der Waals surface area contributed by atoms with Crippen LogP contribution in [0.4, 0.5) is 0 Å². The Bertz CT molecular complexity index is 796. The predicted molar refractivity (Wildman–Crippen MR) is 158 cm³/mol. The third-order valence-corrected chi connectivity index (χ3v) is 5.93. The fourth-order valence-electron chi connectivity index (χ4n) is 3.86. The average molecular weight is 629 g/mol. The molecule has 0 amide bonds. The first-order valence-corrected chi connectivity index (χ1v) is 14.3. The fraction of sp³-hybridized carbons (Fsp3) is 0.852. The molecule has 0 saturated carbocycles.